The number of H-pyrrole nitrogens is 1. The maximum atomic E-state index is 11.9. The number of benzene rings is 1. The Hall–Kier alpha value is -1.61. The molecular weight excluding hydrogens is 272 g/mol. The number of aromatic nitrogens is 2. The zero-order valence-corrected chi connectivity index (χ0v) is 12.4. The van der Waals surface area contributed by atoms with Crippen LogP contribution >= 0.6 is 11.6 Å². The maximum Gasteiger partial charge on any atom is 0.157 e. The number of fused-ring (bicyclic) bond motifs is 1. The van der Waals surface area contributed by atoms with Crippen LogP contribution in [0, 0.1) is 5.41 Å². The highest BCUT2D eigenvalue weighted by atomic mass is 35.5. The van der Waals surface area contributed by atoms with Gasteiger partial charge in [-0.2, -0.15) is 0 Å². The van der Waals surface area contributed by atoms with Gasteiger partial charge in [-0.15, -0.1) is 0 Å². The fourth-order valence-electron chi connectivity index (χ4n) is 3.12. The van der Waals surface area contributed by atoms with E-state index in [0.29, 0.717) is 11.4 Å². The maximum absolute atomic E-state index is 11.9. The van der Waals surface area contributed by atoms with Gasteiger partial charge in [-0.3, -0.25) is 4.79 Å². The summed E-state index contributed by atoms with van der Waals surface area (Å²) in [4.78, 5) is 19.8. The van der Waals surface area contributed by atoms with Crippen molar-refractivity contribution in [3.63, 3.8) is 0 Å². The van der Waals surface area contributed by atoms with Crippen molar-refractivity contribution in [2.75, 3.05) is 0 Å². The number of carbonyl (C=O) groups excluding carboxylic acids is 1. The summed E-state index contributed by atoms with van der Waals surface area (Å²) in [6.45, 7) is 4.26. The second-order valence-corrected chi connectivity index (χ2v) is 5.82. The molecule has 4 heteroatoms. The average Bonchev–Trinajstić information content (AvgIpc) is 3.01. The zero-order chi connectivity index (χ0) is 14.3. The van der Waals surface area contributed by atoms with E-state index >= 15 is 0 Å². The fourth-order valence-corrected chi connectivity index (χ4v) is 3.34. The van der Waals surface area contributed by atoms with Crippen LogP contribution in [0.15, 0.2) is 24.3 Å². The van der Waals surface area contributed by atoms with Crippen molar-refractivity contribution in [2.45, 2.75) is 33.1 Å². The van der Waals surface area contributed by atoms with Crippen LogP contribution in [-0.2, 0) is 4.79 Å². The molecule has 0 aliphatic heterocycles. The SMILES string of the molecule is CCC1(CC)CC(=O)C=C1c1nc2cccc(Cl)c2[nH]1. The Bertz CT molecular complexity index is 710. The molecule has 0 amide bonds. The number of allylic oxidation sites excluding steroid dienone is 2. The Balaban J connectivity index is 2.16. The molecule has 1 aliphatic rings. The van der Waals surface area contributed by atoms with Crippen molar-refractivity contribution >= 4 is 34.0 Å². The highest BCUT2D eigenvalue weighted by molar-refractivity contribution is 6.34. The first-order valence-electron chi connectivity index (χ1n) is 6.99. The monoisotopic (exact) mass is 288 g/mol. The molecule has 0 spiro atoms. The summed E-state index contributed by atoms with van der Waals surface area (Å²) in [7, 11) is 0. The molecule has 0 atom stereocenters. The van der Waals surface area contributed by atoms with Crippen LogP contribution < -0.4 is 0 Å². The van der Waals surface area contributed by atoms with E-state index in [9.17, 15) is 4.79 Å². The van der Waals surface area contributed by atoms with E-state index in [0.717, 1.165) is 35.3 Å². The molecule has 0 unspecified atom stereocenters. The number of hydrogen-bond donors (Lipinski definition) is 1. The van der Waals surface area contributed by atoms with Gasteiger partial charge in [0.2, 0.25) is 0 Å². The number of hydrogen-bond acceptors (Lipinski definition) is 2. The number of para-hydroxylation sites is 1. The summed E-state index contributed by atoms with van der Waals surface area (Å²) in [6.07, 6.45) is 4.20. The lowest BCUT2D eigenvalue weighted by Gasteiger charge is -2.28. The summed E-state index contributed by atoms with van der Waals surface area (Å²) < 4.78 is 0. The van der Waals surface area contributed by atoms with Crippen molar-refractivity contribution in [1.29, 1.82) is 0 Å². The third-order valence-corrected chi connectivity index (χ3v) is 4.78. The normalized spacial score (nSPS) is 17.8. The topological polar surface area (TPSA) is 45.8 Å². The largest absolute Gasteiger partial charge is 0.337 e. The molecule has 0 saturated heterocycles. The summed E-state index contributed by atoms with van der Waals surface area (Å²) >= 11 is 6.19. The van der Waals surface area contributed by atoms with Crippen LogP contribution in [-0.4, -0.2) is 15.8 Å². The van der Waals surface area contributed by atoms with E-state index in [-0.39, 0.29) is 11.2 Å². The lowest BCUT2D eigenvalue weighted by Crippen LogP contribution is -2.19. The Kier molecular flexibility index (Phi) is 3.17. The van der Waals surface area contributed by atoms with Gasteiger partial charge in [0, 0.05) is 17.4 Å². The van der Waals surface area contributed by atoms with E-state index in [1.807, 2.05) is 18.2 Å². The molecule has 0 bridgehead atoms. The molecule has 1 heterocycles. The lowest BCUT2D eigenvalue weighted by molar-refractivity contribution is -0.115. The molecule has 1 N–H and O–H groups in total. The van der Waals surface area contributed by atoms with Crippen molar-refractivity contribution in [3.05, 3.63) is 35.1 Å². The molecule has 0 radical (unpaired) electrons. The van der Waals surface area contributed by atoms with E-state index < -0.39 is 0 Å². The van der Waals surface area contributed by atoms with Gasteiger partial charge >= 0.3 is 0 Å². The van der Waals surface area contributed by atoms with E-state index in [2.05, 4.69) is 23.8 Å². The second kappa shape index (κ2) is 4.74. The van der Waals surface area contributed by atoms with Crippen LogP contribution in [0.2, 0.25) is 5.02 Å². The summed E-state index contributed by atoms with van der Waals surface area (Å²) in [5, 5.41) is 0.657. The second-order valence-electron chi connectivity index (χ2n) is 5.41. The zero-order valence-electron chi connectivity index (χ0n) is 11.7. The molecule has 0 saturated carbocycles. The van der Waals surface area contributed by atoms with Gasteiger partial charge in [0.25, 0.3) is 0 Å². The summed E-state index contributed by atoms with van der Waals surface area (Å²) in [5.74, 6) is 0.970. The van der Waals surface area contributed by atoms with Gasteiger partial charge in [0.15, 0.2) is 5.78 Å². The smallest absolute Gasteiger partial charge is 0.157 e. The number of aromatic amines is 1. The predicted octanol–water partition coefficient (Wildman–Crippen LogP) is 4.38. The number of halogens is 1. The van der Waals surface area contributed by atoms with E-state index in [1.54, 1.807) is 6.08 Å². The van der Waals surface area contributed by atoms with Gasteiger partial charge in [-0.25, -0.2) is 4.98 Å². The minimum absolute atomic E-state index is 0.0859. The first-order chi connectivity index (χ1) is 9.59. The Labute approximate surface area is 123 Å². The Morgan fingerprint density at radius 1 is 1.35 bits per heavy atom. The number of nitrogens with zero attached hydrogens (tertiary/aromatic N) is 1. The van der Waals surface area contributed by atoms with Crippen molar-refractivity contribution in [1.82, 2.24) is 9.97 Å². The molecular formula is C16H17ClN2O. The highest BCUT2D eigenvalue weighted by Crippen LogP contribution is 2.48. The van der Waals surface area contributed by atoms with Crippen LogP contribution in [0.4, 0.5) is 0 Å². The number of imidazole rings is 1. The van der Waals surface area contributed by atoms with Crippen LogP contribution in [0.1, 0.15) is 38.9 Å². The minimum atomic E-state index is -0.0859. The molecule has 3 nitrogen and oxygen atoms in total. The van der Waals surface area contributed by atoms with E-state index in [4.69, 9.17) is 11.6 Å². The van der Waals surface area contributed by atoms with Gasteiger partial charge < -0.3 is 4.98 Å². The molecule has 1 aromatic carbocycles. The Morgan fingerprint density at radius 2 is 2.10 bits per heavy atom. The molecule has 1 aliphatic carbocycles. The van der Waals surface area contributed by atoms with Gasteiger partial charge in [-0.1, -0.05) is 31.5 Å². The van der Waals surface area contributed by atoms with Gasteiger partial charge in [-0.05, 0) is 31.1 Å². The van der Waals surface area contributed by atoms with Crippen LogP contribution in [0.5, 0.6) is 0 Å². The third kappa shape index (κ3) is 1.88. The third-order valence-electron chi connectivity index (χ3n) is 4.47. The van der Waals surface area contributed by atoms with Crippen LogP contribution in [0.25, 0.3) is 16.6 Å². The molecule has 1 aromatic heterocycles. The highest BCUT2D eigenvalue weighted by Gasteiger charge is 2.40. The first kappa shape index (κ1) is 13.4. The van der Waals surface area contributed by atoms with Crippen LogP contribution in [0.3, 0.4) is 0 Å². The number of nitrogens with one attached hydrogen (secondary N) is 1. The standard InChI is InChI=1S/C16H17ClN2O/c1-3-16(4-2)9-10(20)8-11(16)15-18-13-7-5-6-12(17)14(13)19-15/h5-8H,3-4,9H2,1-2H3,(H,18,19). The lowest BCUT2D eigenvalue weighted by atomic mass is 9.76. The molecule has 3 rings (SSSR count). The fraction of sp³-hybridized carbons (Fsp3) is 0.375. The van der Waals surface area contributed by atoms with E-state index in [1.165, 1.54) is 0 Å². The molecule has 2 aromatic rings. The Morgan fingerprint density at radius 3 is 2.75 bits per heavy atom. The van der Waals surface area contributed by atoms with Crippen molar-refractivity contribution in [3.8, 4) is 0 Å². The van der Waals surface area contributed by atoms with Crippen molar-refractivity contribution in [2.24, 2.45) is 5.41 Å². The van der Waals surface area contributed by atoms with Gasteiger partial charge in [0.1, 0.15) is 5.82 Å². The quantitative estimate of drug-likeness (QED) is 0.911. The predicted molar refractivity (Wildman–Crippen MR) is 81.7 cm³/mol. The van der Waals surface area contributed by atoms with Gasteiger partial charge in [0.05, 0.1) is 16.1 Å². The molecule has 0 fully saturated rings. The number of rotatable bonds is 3. The number of ketones is 1. The van der Waals surface area contributed by atoms with Crippen molar-refractivity contribution < 1.29 is 4.79 Å². The average molecular weight is 289 g/mol. The molecule has 104 valence electrons. The number of carbonyl (C=O) groups is 1. The first-order valence-corrected chi connectivity index (χ1v) is 7.37. The minimum Gasteiger partial charge on any atom is -0.337 e. The summed E-state index contributed by atoms with van der Waals surface area (Å²) in [5.41, 5.74) is 2.62. The molecule has 20 heavy (non-hydrogen) atoms. The summed E-state index contributed by atoms with van der Waals surface area (Å²) in [6, 6.07) is 5.65.